The summed E-state index contributed by atoms with van der Waals surface area (Å²) >= 11 is 2.22. The molecule has 1 unspecified atom stereocenters. The molecule has 0 saturated carbocycles. The van der Waals surface area contributed by atoms with Crippen LogP contribution in [0.2, 0.25) is 0 Å². The Bertz CT molecular complexity index is 215. The molecular formula is C9H12INO. The Morgan fingerprint density at radius 3 is 2.58 bits per heavy atom. The summed E-state index contributed by atoms with van der Waals surface area (Å²) in [6.45, 7) is 1.03. The zero-order valence-corrected chi connectivity index (χ0v) is 8.86. The summed E-state index contributed by atoms with van der Waals surface area (Å²) in [7, 11) is 0. The highest BCUT2D eigenvalue weighted by Gasteiger charge is 1.99. The number of hydrogen-bond donors (Lipinski definition) is 2. The van der Waals surface area contributed by atoms with E-state index in [0.29, 0.717) is 0 Å². The molecule has 0 aliphatic heterocycles. The highest BCUT2D eigenvalue weighted by molar-refractivity contribution is 14.1. The first-order valence-corrected chi connectivity index (χ1v) is 5.11. The summed E-state index contributed by atoms with van der Waals surface area (Å²) in [5.41, 5.74) is 1.10. The lowest BCUT2D eigenvalue weighted by atomic mass is 10.3. The summed E-state index contributed by atoms with van der Waals surface area (Å²) in [4.78, 5) is 0. The molecule has 2 nitrogen and oxygen atoms in total. The van der Waals surface area contributed by atoms with Gasteiger partial charge in [-0.25, -0.2) is 0 Å². The maximum Gasteiger partial charge on any atom is 0.0566 e. The second-order valence-electron chi connectivity index (χ2n) is 2.53. The number of nitrogens with one attached hydrogen (secondary N) is 1. The minimum Gasteiger partial charge on any atom is -0.395 e. The molecule has 0 heterocycles. The van der Waals surface area contributed by atoms with Crippen molar-refractivity contribution in [1.82, 2.24) is 0 Å². The van der Waals surface area contributed by atoms with Crippen LogP contribution < -0.4 is 5.32 Å². The van der Waals surface area contributed by atoms with Crippen molar-refractivity contribution < 1.29 is 5.11 Å². The van der Waals surface area contributed by atoms with Gasteiger partial charge in [0.25, 0.3) is 0 Å². The predicted octanol–water partition coefficient (Wildman–Crippen LogP) is 1.89. The molecular weight excluding hydrogens is 265 g/mol. The maximum atomic E-state index is 8.77. The summed E-state index contributed by atoms with van der Waals surface area (Å²) in [6, 6.07) is 9.99. The van der Waals surface area contributed by atoms with E-state index in [1.807, 2.05) is 30.3 Å². The fraction of sp³-hybridized carbons (Fsp3) is 0.333. The van der Waals surface area contributed by atoms with Crippen LogP contribution in [0.25, 0.3) is 0 Å². The fourth-order valence-corrected chi connectivity index (χ4v) is 1.07. The zero-order valence-electron chi connectivity index (χ0n) is 6.70. The topological polar surface area (TPSA) is 32.3 Å². The lowest BCUT2D eigenvalue weighted by Crippen LogP contribution is -2.16. The zero-order chi connectivity index (χ0) is 8.81. The quantitative estimate of drug-likeness (QED) is 0.650. The smallest absolute Gasteiger partial charge is 0.0566 e. The Morgan fingerprint density at radius 2 is 2.00 bits per heavy atom. The van der Waals surface area contributed by atoms with Gasteiger partial charge < -0.3 is 10.4 Å². The molecule has 0 saturated heterocycles. The van der Waals surface area contributed by atoms with E-state index in [2.05, 4.69) is 27.9 Å². The monoisotopic (exact) mass is 277 g/mol. The first-order chi connectivity index (χ1) is 5.83. The molecule has 12 heavy (non-hydrogen) atoms. The molecule has 0 spiro atoms. The summed E-state index contributed by atoms with van der Waals surface area (Å²) in [5, 5.41) is 12.0. The number of alkyl halides is 1. The molecule has 1 aromatic rings. The van der Waals surface area contributed by atoms with Crippen LogP contribution in [-0.4, -0.2) is 22.2 Å². The molecule has 66 valence electrons. The standard InChI is InChI=1S/C9H12INO/c10-8(7-12)6-11-9-4-2-1-3-5-9/h1-5,8,11-12H,6-7H2. The highest BCUT2D eigenvalue weighted by atomic mass is 127. The Labute approximate surface area is 86.1 Å². The lowest BCUT2D eigenvalue weighted by Gasteiger charge is -2.08. The van der Waals surface area contributed by atoms with E-state index in [1.165, 1.54) is 0 Å². The molecule has 3 heteroatoms. The lowest BCUT2D eigenvalue weighted by molar-refractivity contribution is 0.302. The van der Waals surface area contributed by atoms with E-state index in [-0.39, 0.29) is 10.5 Å². The first kappa shape index (κ1) is 9.80. The molecule has 2 N–H and O–H groups in total. The first-order valence-electron chi connectivity index (χ1n) is 3.87. The molecule has 1 atom stereocenters. The van der Waals surface area contributed by atoms with Gasteiger partial charge in [0, 0.05) is 12.2 Å². The molecule has 1 rings (SSSR count). The van der Waals surface area contributed by atoms with Gasteiger partial charge in [-0.1, -0.05) is 40.8 Å². The van der Waals surface area contributed by atoms with Crippen molar-refractivity contribution in [3.8, 4) is 0 Å². The number of hydrogen-bond acceptors (Lipinski definition) is 2. The number of halogens is 1. The molecule has 0 aliphatic carbocycles. The fourth-order valence-electron chi connectivity index (χ4n) is 0.849. The second kappa shape index (κ2) is 5.37. The summed E-state index contributed by atoms with van der Waals surface area (Å²) in [5.74, 6) is 0. The summed E-state index contributed by atoms with van der Waals surface area (Å²) in [6.07, 6.45) is 0. The molecule has 0 bridgehead atoms. The summed E-state index contributed by atoms with van der Waals surface area (Å²) < 4.78 is 0.280. The Hall–Kier alpha value is -0.290. The van der Waals surface area contributed by atoms with E-state index >= 15 is 0 Å². The van der Waals surface area contributed by atoms with Crippen LogP contribution in [0.4, 0.5) is 5.69 Å². The number of para-hydroxylation sites is 1. The van der Waals surface area contributed by atoms with Crippen LogP contribution in [0.5, 0.6) is 0 Å². The number of aliphatic hydroxyl groups excluding tert-OH is 1. The van der Waals surface area contributed by atoms with Crippen molar-refractivity contribution in [3.05, 3.63) is 30.3 Å². The number of anilines is 1. The molecule has 0 aromatic heterocycles. The van der Waals surface area contributed by atoms with Crippen LogP contribution in [0.1, 0.15) is 0 Å². The van der Waals surface area contributed by atoms with E-state index < -0.39 is 0 Å². The van der Waals surface area contributed by atoms with Crippen molar-refractivity contribution in [2.75, 3.05) is 18.5 Å². The molecule has 0 fully saturated rings. The average molecular weight is 277 g/mol. The Kier molecular flexibility index (Phi) is 4.39. The van der Waals surface area contributed by atoms with Crippen molar-refractivity contribution >= 4 is 28.3 Å². The SMILES string of the molecule is OCC(I)CNc1ccccc1. The Balaban J connectivity index is 2.33. The predicted molar refractivity (Wildman–Crippen MR) is 59.8 cm³/mol. The van der Waals surface area contributed by atoms with Crippen LogP contribution in [-0.2, 0) is 0 Å². The van der Waals surface area contributed by atoms with Gasteiger partial charge in [0.05, 0.1) is 10.5 Å². The van der Waals surface area contributed by atoms with Gasteiger partial charge in [0.2, 0.25) is 0 Å². The van der Waals surface area contributed by atoms with Gasteiger partial charge in [-0.2, -0.15) is 0 Å². The van der Waals surface area contributed by atoms with E-state index in [0.717, 1.165) is 12.2 Å². The van der Waals surface area contributed by atoms with Gasteiger partial charge in [0.15, 0.2) is 0 Å². The molecule has 0 aliphatic rings. The number of benzene rings is 1. The molecule has 0 radical (unpaired) electrons. The number of rotatable bonds is 4. The van der Waals surface area contributed by atoms with Crippen LogP contribution in [0.3, 0.4) is 0 Å². The molecule has 0 amide bonds. The average Bonchev–Trinajstić information content (AvgIpc) is 2.16. The van der Waals surface area contributed by atoms with Gasteiger partial charge >= 0.3 is 0 Å². The normalized spacial score (nSPS) is 12.5. The van der Waals surface area contributed by atoms with E-state index in [1.54, 1.807) is 0 Å². The van der Waals surface area contributed by atoms with Gasteiger partial charge in [-0.15, -0.1) is 0 Å². The second-order valence-corrected chi connectivity index (χ2v) is 4.29. The van der Waals surface area contributed by atoms with Crippen LogP contribution in [0, 0.1) is 0 Å². The third-order valence-electron chi connectivity index (χ3n) is 1.50. The highest BCUT2D eigenvalue weighted by Crippen LogP contribution is 2.06. The van der Waals surface area contributed by atoms with Crippen molar-refractivity contribution in [3.63, 3.8) is 0 Å². The van der Waals surface area contributed by atoms with E-state index in [9.17, 15) is 0 Å². The minimum absolute atomic E-state index is 0.223. The van der Waals surface area contributed by atoms with Crippen molar-refractivity contribution in [2.45, 2.75) is 3.92 Å². The van der Waals surface area contributed by atoms with E-state index in [4.69, 9.17) is 5.11 Å². The molecule has 1 aromatic carbocycles. The van der Waals surface area contributed by atoms with Crippen LogP contribution >= 0.6 is 22.6 Å². The minimum atomic E-state index is 0.223. The maximum absolute atomic E-state index is 8.77. The van der Waals surface area contributed by atoms with Gasteiger partial charge in [-0.05, 0) is 12.1 Å². The van der Waals surface area contributed by atoms with Gasteiger partial charge in [-0.3, -0.25) is 0 Å². The number of aliphatic hydroxyl groups is 1. The largest absolute Gasteiger partial charge is 0.395 e. The Morgan fingerprint density at radius 1 is 1.33 bits per heavy atom. The van der Waals surface area contributed by atoms with Crippen molar-refractivity contribution in [2.24, 2.45) is 0 Å². The third kappa shape index (κ3) is 3.40. The van der Waals surface area contributed by atoms with Crippen molar-refractivity contribution in [1.29, 1.82) is 0 Å². The van der Waals surface area contributed by atoms with Crippen LogP contribution in [0.15, 0.2) is 30.3 Å². The van der Waals surface area contributed by atoms with Gasteiger partial charge in [0.1, 0.15) is 0 Å². The third-order valence-corrected chi connectivity index (χ3v) is 2.33.